The van der Waals surface area contributed by atoms with Crippen molar-refractivity contribution >= 4 is 18.1 Å². The first-order chi connectivity index (χ1) is 12.7. The number of ether oxygens (including phenoxy) is 1. The number of pyridine rings is 1. The molecule has 2 heterocycles. The summed E-state index contributed by atoms with van der Waals surface area (Å²) < 4.78 is 10.7. The lowest BCUT2D eigenvalue weighted by Gasteiger charge is -2.05. The van der Waals surface area contributed by atoms with E-state index < -0.39 is 5.97 Å². The molecule has 0 amide bonds. The van der Waals surface area contributed by atoms with Gasteiger partial charge in [-0.1, -0.05) is 24.3 Å². The SMILES string of the molecule is N#Cc1cnccc1C=Cc1ccc(OCc2occc2C(=O)O)cc1. The van der Waals surface area contributed by atoms with Crippen LogP contribution in [0.3, 0.4) is 0 Å². The van der Waals surface area contributed by atoms with Crippen LogP contribution < -0.4 is 4.74 Å². The van der Waals surface area contributed by atoms with Crippen molar-refractivity contribution < 1.29 is 19.1 Å². The quantitative estimate of drug-likeness (QED) is 0.725. The Morgan fingerprint density at radius 2 is 2.04 bits per heavy atom. The van der Waals surface area contributed by atoms with Gasteiger partial charge < -0.3 is 14.3 Å². The zero-order valence-electron chi connectivity index (χ0n) is 13.6. The lowest BCUT2D eigenvalue weighted by atomic mass is 10.1. The van der Waals surface area contributed by atoms with Crippen LogP contribution in [0.1, 0.15) is 32.8 Å². The number of hydrogen-bond acceptors (Lipinski definition) is 5. The lowest BCUT2D eigenvalue weighted by molar-refractivity contribution is 0.0692. The first-order valence-corrected chi connectivity index (χ1v) is 7.72. The van der Waals surface area contributed by atoms with E-state index in [1.807, 2.05) is 24.3 Å². The number of furan rings is 1. The second kappa shape index (κ2) is 7.81. The Hall–Kier alpha value is -3.85. The Balaban J connectivity index is 1.65. The van der Waals surface area contributed by atoms with Gasteiger partial charge >= 0.3 is 5.97 Å². The fraction of sp³-hybridized carbons (Fsp3) is 0.0500. The Labute approximate surface area is 149 Å². The molecule has 128 valence electrons. The fourth-order valence-electron chi connectivity index (χ4n) is 2.30. The van der Waals surface area contributed by atoms with Gasteiger partial charge in [-0.15, -0.1) is 0 Å². The maximum atomic E-state index is 11.0. The van der Waals surface area contributed by atoms with E-state index >= 15 is 0 Å². The van der Waals surface area contributed by atoms with Gasteiger partial charge in [0.05, 0.1) is 11.8 Å². The van der Waals surface area contributed by atoms with Crippen molar-refractivity contribution in [3.63, 3.8) is 0 Å². The molecule has 2 aromatic heterocycles. The van der Waals surface area contributed by atoms with E-state index in [4.69, 9.17) is 19.5 Å². The molecule has 3 rings (SSSR count). The molecule has 0 saturated heterocycles. The lowest BCUT2D eigenvalue weighted by Crippen LogP contribution is -2.02. The maximum absolute atomic E-state index is 11.0. The van der Waals surface area contributed by atoms with Gasteiger partial charge in [0.15, 0.2) is 5.76 Å². The average Bonchev–Trinajstić information content (AvgIpc) is 3.15. The first-order valence-electron chi connectivity index (χ1n) is 7.72. The molecule has 1 aromatic carbocycles. The average molecular weight is 346 g/mol. The third-order valence-electron chi connectivity index (χ3n) is 3.66. The van der Waals surface area contributed by atoms with Crippen molar-refractivity contribution in [1.82, 2.24) is 4.98 Å². The third kappa shape index (κ3) is 3.97. The van der Waals surface area contributed by atoms with Crippen LogP contribution >= 0.6 is 0 Å². The molecule has 0 radical (unpaired) electrons. The van der Waals surface area contributed by atoms with Gasteiger partial charge in [-0.3, -0.25) is 4.98 Å². The summed E-state index contributed by atoms with van der Waals surface area (Å²) in [5.74, 6) is -0.189. The molecule has 0 atom stereocenters. The Bertz CT molecular complexity index is 982. The third-order valence-corrected chi connectivity index (χ3v) is 3.66. The Kier molecular flexibility index (Phi) is 5.11. The van der Waals surface area contributed by atoms with Crippen LogP contribution in [0.5, 0.6) is 5.75 Å². The summed E-state index contributed by atoms with van der Waals surface area (Å²) >= 11 is 0. The van der Waals surface area contributed by atoms with Crippen LogP contribution in [0.15, 0.2) is 59.5 Å². The van der Waals surface area contributed by atoms with Crippen molar-refractivity contribution in [3.05, 3.63) is 83.1 Å². The normalized spacial score (nSPS) is 10.6. The molecule has 0 bridgehead atoms. The molecule has 0 fully saturated rings. The zero-order valence-corrected chi connectivity index (χ0v) is 13.6. The molecule has 0 aliphatic rings. The molecular weight excluding hydrogens is 332 g/mol. The molecule has 6 heteroatoms. The Morgan fingerprint density at radius 3 is 2.77 bits per heavy atom. The van der Waals surface area contributed by atoms with E-state index in [1.54, 1.807) is 24.4 Å². The summed E-state index contributed by atoms with van der Waals surface area (Å²) in [5.41, 5.74) is 2.33. The molecule has 0 aliphatic carbocycles. The molecule has 0 unspecified atom stereocenters. The predicted octanol–water partition coefficient (Wildman–Crippen LogP) is 3.99. The number of hydrogen-bond donors (Lipinski definition) is 1. The van der Waals surface area contributed by atoms with Crippen LogP contribution in [-0.4, -0.2) is 16.1 Å². The van der Waals surface area contributed by atoms with Crippen LogP contribution in [0.25, 0.3) is 12.2 Å². The number of carboxylic acids is 1. The summed E-state index contributed by atoms with van der Waals surface area (Å²) in [5, 5.41) is 18.1. The minimum Gasteiger partial charge on any atom is -0.486 e. The van der Waals surface area contributed by atoms with Gasteiger partial charge in [0.25, 0.3) is 0 Å². The van der Waals surface area contributed by atoms with Crippen molar-refractivity contribution in [3.8, 4) is 11.8 Å². The molecule has 6 nitrogen and oxygen atoms in total. The number of aromatic carboxylic acids is 1. The largest absolute Gasteiger partial charge is 0.486 e. The van der Waals surface area contributed by atoms with E-state index in [0.717, 1.165) is 11.1 Å². The minimum atomic E-state index is -1.05. The molecule has 1 N–H and O–H groups in total. The maximum Gasteiger partial charge on any atom is 0.339 e. The van der Waals surface area contributed by atoms with Gasteiger partial charge in [-0.05, 0) is 35.4 Å². The van der Waals surface area contributed by atoms with E-state index in [-0.39, 0.29) is 17.9 Å². The highest BCUT2D eigenvalue weighted by Crippen LogP contribution is 2.18. The smallest absolute Gasteiger partial charge is 0.339 e. The number of carboxylic acid groups (broad SMARTS) is 1. The summed E-state index contributed by atoms with van der Waals surface area (Å²) in [6.45, 7) is 0.0341. The number of nitrogens with zero attached hydrogens (tertiary/aromatic N) is 2. The van der Waals surface area contributed by atoms with E-state index in [0.29, 0.717) is 11.3 Å². The highest BCUT2D eigenvalue weighted by Gasteiger charge is 2.13. The zero-order chi connectivity index (χ0) is 18.4. The first kappa shape index (κ1) is 17.0. The highest BCUT2D eigenvalue weighted by molar-refractivity contribution is 5.88. The summed E-state index contributed by atoms with van der Waals surface area (Å²) in [4.78, 5) is 15.0. The van der Waals surface area contributed by atoms with Gasteiger partial charge in [0.1, 0.15) is 24.0 Å². The molecule has 0 spiro atoms. The standard InChI is InChI=1S/C20H14N2O4/c21-11-16-12-22-9-7-15(16)4-1-14-2-5-17(6-3-14)26-13-19-18(20(23)24)8-10-25-19/h1-10,12H,13H2,(H,23,24). The number of aromatic nitrogens is 1. The number of carbonyl (C=O) groups is 1. The molecule has 26 heavy (non-hydrogen) atoms. The van der Waals surface area contributed by atoms with Gasteiger partial charge in [0.2, 0.25) is 0 Å². The second-order valence-corrected chi connectivity index (χ2v) is 5.33. The second-order valence-electron chi connectivity index (χ2n) is 5.33. The fourth-order valence-corrected chi connectivity index (χ4v) is 2.30. The topological polar surface area (TPSA) is 96.4 Å². The van der Waals surface area contributed by atoms with Crippen molar-refractivity contribution in [2.45, 2.75) is 6.61 Å². The summed E-state index contributed by atoms with van der Waals surface area (Å²) in [6.07, 6.45) is 8.21. The predicted molar refractivity (Wildman–Crippen MR) is 94.3 cm³/mol. The Morgan fingerprint density at radius 1 is 1.23 bits per heavy atom. The highest BCUT2D eigenvalue weighted by atomic mass is 16.5. The number of nitriles is 1. The molecule has 0 aliphatic heterocycles. The molecule has 3 aromatic rings. The molecular formula is C20H14N2O4. The number of rotatable bonds is 6. The molecule has 0 saturated carbocycles. The van der Waals surface area contributed by atoms with Gasteiger partial charge in [0, 0.05) is 12.4 Å². The van der Waals surface area contributed by atoms with Crippen molar-refractivity contribution in [2.75, 3.05) is 0 Å². The van der Waals surface area contributed by atoms with Crippen LogP contribution in [-0.2, 0) is 6.61 Å². The summed E-state index contributed by atoms with van der Waals surface area (Å²) in [6, 6.07) is 12.5. The van der Waals surface area contributed by atoms with E-state index in [1.165, 1.54) is 18.5 Å². The number of benzene rings is 1. The monoisotopic (exact) mass is 346 g/mol. The van der Waals surface area contributed by atoms with E-state index in [2.05, 4.69) is 11.1 Å². The van der Waals surface area contributed by atoms with Crippen LogP contribution in [0.4, 0.5) is 0 Å². The van der Waals surface area contributed by atoms with Gasteiger partial charge in [-0.25, -0.2) is 4.79 Å². The van der Waals surface area contributed by atoms with E-state index in [9.17, 15) is 4.79 Å². The van der Waals surface area contributed by atoms with Crippen LogP contribution in [0, 0.1) is 11.3 Å². The van der Waals surface area contributed by atoms with Crippen molar-refractivity contribution in [1.29, 1.82) is 5.26 Å². The minimum absolute atomic E-state index is 0.0341. The van der Waals surface area contributed by atoms with Gasteiger partial charge in [-0.2, -0.15) is 5.26 Å². The van der Waals surface area contributed by atoms with Crippen LogP contribution in [0.2, 0.25) is 0 Å². The van der Waals surface area contributed by atoms with Crippen molar-refractivity contribution in [2.24, 2.45) is 0 Å². The summed E-state index contributed by atoms with van der Waals surface area (Å²) in [7, 11) is 0.